The molecule has 0 aromatic heterocycles. The Balaban J connectivity index is 3.51. The predicted molar refractivity (Wildman–Crippen MR) is 90.9 cm³/mol. The van der Waals surface area contributed by atoms with E-state index in [1.54, 1.807) is 6.92 Å². The predicted octanol–water partition coefficient (Wildman–Crippen LogP) is 4.59. The summed E-state index contributed by atoms with van der Waals surface area (Å²) in [6, 6.07) is 3.62. The normalized spacial score (nSPS) is 14.0. The number of carbonyl (C=O) groups excluding carboxylic acids is 1. The Kier molecular flexibility index (Phi) is 5.45. The van der Waals surface area contributed by atoms with Crippen LogP contribution in [0.1, 0.15) is 76.9 Å². The van der Waals surface area contributed by atoms with Gasteiger partial charge in [-0.25, -0.2) is 0 Å². The molecule has 3 heteroatoms. The summed E-state index contributed by atoms with van der Waals surface area (Å²) < 4.78 is 5.43. The van der Waals surface area contributed by atoms with Crippen molar-refractivity contribution in [2.75, 3.05) is 6.61 Å². The van der Waals surface area contributed by atoms with E-state index in [2.05, 4.69) is 0 Å². The van der Waals surface area contributed by atoms with E-state index in [0.29, 0.717) is 17.9 Å². The molecule has 0 aliphatic carbocycles. The van der Waals surface area contributed by atoms with Crippen LogP contribution in [0.2, 0.25) is 0 Å². The summed E-state index contributed by atoms with van der Waals surface area (Å²) >= 11 is 0. The van der Waals surface area contributed by atoms with Gasteiger partial charge < -0.3 is 9.84 Å². The summed E-state index contributed by atoms with van der Waals surface area (Å²) in [5.74, 6) is 0.249. The zero-order valence-corrected chi connectivity index (χ0v) is 15.2. The van der Waals surface area contributed by atoms with Crippen molar-refractivity contribution in [2.45, 2.75) is 72.3 Å². The number of Topliss-reactive ketones (excluding diaryl/α,β-unsaturated/α-hetero) is 1. The minimum absolute atomic E-state index is 0.0437. The number of ether oxygens (including phenoxy) is 1. The molecule has 0 saturated carbocycles. The third-order valence-corrected chi connectivity index (χ3v) is 3.80. The van der Waals surface area contributed by atoms with Crippen LogP contribution in [0.25, 0.3) is 0 Å². The monoisotopic (exact) mass is 306 g/mol. The van der Waals surface area contributed by atoms with Gasteiger partial charge in [0.1, 0.15) is 11.9 Å². The smallest absolute Gasteiger partial charge is 0.191 e. The fourth-order valence-electron chi connectivity index (χ4n) is 2.48. The molecule has 0 saturated heterocycles. The number of hydrogen-bond acceptors (Lipinski definition) is 3. The molecule has 0 fully saturated rings. The number of phenols is 1. The van der Waals surface area contributed by atoms with Gasteiger partial charge in [0.2, 0.25) is 0 Å². The fraction of sp³-hybridized carbons (Fsp3) is 0.632. The average molecular weight is 306 g/mol. The fourth-order valence-corrected chi connectivity index (χ4v) is 2.48. The number of phenolic OH excluding ortho intramolecular Hbond substituents is 1. The number of rotatable bonds is 4. The van der Waals surface area contributed by atoms with Crippen LogP contribution in [0.3, 0.4) is 0 Å². The van der Waals surface area contributed by atoms with Crippen LogP contribution < -0.4 is 0 Å². The molecule has 0 radical (unpaired) electrons. The standard InChI is InChI=1S/C19H30O3/c1-9-22-12(2)16(20)13-10-14(18(3,4)5)17(21)15(11-13)19(6,7)8/h10-12,21H,9H2,1-8H3. The minimum atomic E-state index is -0.477. The number of aromatic hydroxyl groups is 1. The summed E-state index contributed by atoms with van der Waals surface area (Å²) in [4.78, 5) is 12.6. The largest absolute Gasteiger partial charge is 0.507 e. The van der Waals surface area contributed by atoms with Crippen LogP contribution in [-0.2, 0) is 15.6 Å². The zero-order chi connectivity index (χ0) is 17.3. The topological polar surface area (TPSA) is 46.5 Å². The van der Waals surface area contributed by atoms with E-state index < -0.39 is 6.10 Å². The van der Waals surface area contributed by atoms with Gasteiger partial charge in [0.25, 0.3) is 0 Å². The zero-order valence-electron chi connectivity index (χ0n) is 15.2. The Morgan fingerprint density at radius 2 is 1.50 bits per heavy atom. The summed E-state index contributed by atoms with van der Waals surface area (Å²) in [7, 11) is 0. The molecule has 1 aromatic rings. The molecular weight excluding hydrogens is 276 g/mol. The van der Waals surface area contributed by atoms with Crippen LogP contribution in [-0.4, -0.2) is 23.6 Å². The highest BCUT2D eigenvalue weighted by Gasteiger charge is 2.28. The lowest BCUT2D eigenvalue weighted by Crippen LogP contribution is -2.24. The van der Waals surface area contributed by atoms with Crippen LogP contribution >= 0.6 is 0 Å². The summed E-state index contributed by atoms with van der Waals surface area (Å²) in [6.07, 6.45) is -0.477. The molecule has 3 nitrogen and oxygen atoms in total. The summed E-state index contributed by atoms with van der Waals surface area (Å²) in [5, 5.41) is 10.7. The van der Waals surface area contributed by atoms with Crippen molar-refractivity contribution in [3.05, 3.63) is 28.8 Å². The molecular formula is C19H30O3. The van der Waals surface area contributed by atoms with Crippen molar-refractivity contribution in [2.24, 2.45) is 0 Å². The second-order valence-corrected chi connectivity index (χ2v) is 7.88. The maximum atomic E-state index is 12.6. The Bertz CT molecular complexity index is 510. The lowest BCUT2D eigenvalue weighted by molar-refractivity contribution is 0.0520. The first-order valence-corrected chi connectivity index (χ1v) is 7.93. The molecule has 0 amide bonds. The molecule has 0 heterocycles. The quantitative estimate of drug-likeness (QED) is 0.827. The second-order valence-electron chi connectivity index (χ2n) is 7.88. The first-order chi connectivity index (χ1) is 9.89. The lowest BCUT2D eigenvalue weighted by atomic mass is 9.78. The molecule has 1 atom stereocenters. The van der Waals surface area contributed by atoms with Crippen molar-refractivity contribution < 1.29 is 14.6 Å². The average Bonchev–Trinajstić information content (AvgIpc) is 2.35. The SMILES string of the molecule is CCOC(C)C(=O)c1cc(C(C)(C)C)c(O)c(C(C)(C)C)c1. The van der Waals surface area contributed by atoms with E-state index in [-0.39, 0.29) is 16.6 Å². The first-order valence-electron chi connectivity index (χ1n) is 7.93. The molecule has 0 bridgehead atoms. The van der Waals surface area contributed by atoms with E-state index in [1.807, 2.05) is 60.6 Å². The number of carbonyl (C=O) groups is 1. The maximum absolute atomic E-state index is 12.6. The van der Waals surface area contributed by atoms with Gasteiger partial charge in [0, 0.05) is 23.3 Å². The second kappa shape index (κ2) is 6.41. The minimum Gasteiger partial charge on any atom is -0.507 e. The van der Waals surface area contributed by atoms with Crippen LogP contribution in [0.15, 0.2) is 12.1 Å². The van der Waals surface area contributed by atoms with Gasteiger partial charge in [-0.1, -0.05) is 41.5 Å². The molecule has 0 aliphatic heterocycles. The molecule has 124 valence electrons. The Morgan fingerprint density at radius 3 is 1.82 bits per heavy atom. The van der Waals surface area contributed by atoms with Crippen LogP contribution in [0.5, 0.6) is 5.75 Å². The molecule has 22 heavy (non-hydrogen) atoms. The number of hydrogen-bond donors (Lipinski definition) is 1. The molecule has 1 aromatic carbocycles. The van der Waals surface area contributed by atoms with Crippen molar-refractivity contribution in [3.8, 4) is 5.75 Å². The van der Waals surface area contributed by atoms with Crippen LogP contribution in [0, 0.1) is 0 Å². The highest BCUT2D eigenvalue weighted by atomic mass is 16.5. The molecule has 1 N–H and O–H groups in total. The molecule has 0 spiro atoms. The highest BCUT2D eigenvalue weighted by Crippen LogP contribution is 2.40. The van der Waals surface area contributed by atoms with Gasteiger partial charge >= 0.3 is 0 Å². The summed E-state index contributed by atoms with van der Waals surface area (Å²) in [5.41, 5.74) is 1.72. The van der Waals surface area contributed by atoms with E-state index in [1.165, 1.54) is 0 Å². The van der Waals surface area contributed by atoms with Gasteiger partial charge in [-0.2, -0.15) is 0 Å². The van der Waals surface area contributed by atoms with E-state index in [4.69, 9.17) is 4.74 Å². The number of ketones is 1. The summed E-state index contributed by atoms with van der Waals surface area (Å²) in [6.45, 7) is 16.4. The van der Waals surface area contributed by atoms with Gasteiger partial charge in [0.15, 0.2) is 5.78 Å². The van der Waals surface area contributed by atoms with Crippen LogP contribution in [0.4, 0.5) is 0 Å². The Hall–Kier alpha value is -1.35. The molecule has 0 aliphatic rings. The maximum Gasteiger partial charge on any atom is 0.191 e. The molecule has 1 rings (SSSR count). The third kappa shape index (κ3) is 4.10. The van der Waals surface area contributed by atoms with E-state index in [0.717, 1.165) is 11.1 Å². The lowest BCUT2D eigenvalue weighted by Gasteiger charge is -2.28. The van der Waals surface area contributed by atoms with Gasteiger partial charge in [0.05, 0.1) is 0 Å². The van der Waals surface area contributed by atoms with E-state index in [9.17, 15) is 9.90 Å². The highest BCUT2D eigenvalue weighted by molar-refractivity contribution is 6.00. The van der Waals surface area contributed by atoms with Crippen molar-refractivity contribution in [1.29, 1.82) is 0 Å². The van der Waals surface area contributed by atoms with E-state index >= 15 is 0 Å². The number of benzene rings is 1. The Labute approximate surface area is 134 Å². The molecule has 1 unspecified atom stereocenters. The van der Waals surface area contributed by atoms with Gasteiger partial charge in [-0.15, -0.1) is 0 Å². The van der Waals surface area contributed by atoms with Crippen molar-refractivity contribution in [1.82, 2.24) is 0 Å². The van der Waals surface area contributed by atoms with Gasteiger partial charge in [-0.3, -0.25) is 4.79 Å². The van der Waals surface area contributed by atoms with Crippen molar-refractivity contribution >= 4 is 5.78 Å². The van der Waals surface area contributed by atoms with Crippen molar-refractivity contribution in [3.63, 3.8) is 0 Å². The third-order valence-electron chi connectivity index (χ3n) is 3.80. The Morgan fingerprint density at radius 1 is 1.09 bits per heavy atom. The van der Waals surface area contributed by atoms with Gasteiger partial charge in [-0.05, 0) is 36.8 Å². The first kappa shape index (κ1) is 18.7.